The van der Waals surface area contributed by atoms with Gasteiger partial charge in [0.25, 0.3) is 5.91 Å². The normalized spacial score (nSPS) is 26.9. The van der Waals surface area contributed by atoms with Crippen LogP contribution in [0.2, 0.25) is 0 Å². The van der Waals surface area contributed by atoms with E-state index in [4.69, 9.17) is 5.73 Å². The second-order valence-electron chi connectivity index (χ2n) is 8.84. The van der Waals surface area contributed by atoms with Gasteiger partial charge in [-0.3, -0.25) is 24.6 Å². The number of hydrogen-bond donors (Lipinski definition) is 2. The van der Waals surface area contributed by atoms with Crippen molar-refractivity contribution >= 4 is 17.7 Å². The molecule has 3 amide bonds. The molecule has 0 bridgehead atoms. The van der Waals surface area contributed by atoms with Gasteiger partial charge in [0, 0.05) is 25.1 Å². The van der Waals surface area contributed by atoms with Crippen LogP contribution >= 0.6 is 0 Å². The maximum atomic E-state index is 13.8. The average Bonchev–Trinajstić information content (AvgIpc) is 3.06. The molecule has 1 aromatic carbocycles. The second kappa shape index (κ2) is 8.82. The van der Waals surface area contributed by atoms with E-state index in [9.17, 15) is 27.6 Å². The summed E-state index contributed by atoms with van der Waals surface area (Å²) in [5.74, 6) is -1.25. The topological polar surface area (TPSA) is 95.7 Å². The Bertz CT molecular complexity index is 920. The highest BCUT2D eigenvalue weighted by atomic mass is 19.4. The molecule has 0 saturated carbocycles. The van der Waals surface area contributed by atoms with Gasteiger partial charge in [0.2, 0.25) is 11.8 Å². The summed E-state index contributed by atoms with van der Waals surface area (Å²) < 4.78 is 41.4. The lowest BCUT2D eigenvalue weighted by Crippen LogP contribution is -2.52. The van der Waals surface area contributed by atoms with Gasteiger partial charge >= 0.3 is 6.18 Å². The number of nitrogens with zero attached hydrogens (tertiary/aromatic N) is 2. The van der Waals surface area contributed by atoms with Gasteiger partial charge < -0.3 is 10.6 Å². The molecular weight excluding hydrogens is 425 g/mol. The average molecular weight is 452 g/mol. The van der Waals surface area contributed by atoms with Crippen molar-refractivity contribution in [3.05, 3.63) is 34.9 Å². The third kappa shape index (κ3) is 4.38. The summed E-state index contributed by atoms with van der Waals surface area (Å²) in [5, 5.41) is 2.26. The summed E-state index contributed by atoms with van der Waals surface area (Å²) in [4.78, 5) is 39.5. The fourth-order valence-electron chi connectivity index (χ4n) is 5.13. The van der Waals surface area contributed by atoms with E-state index in [-0.39, 0.29) is 50.1 Å². The number of nitrogens with one attached hydrogen (secondary N) is 1. The van der Waals surface area contributed by atoms with E-state index >= 15 is 0 Å². The van der Waals surface area contributed by atoms with Crippen molar-refractivity contribution in [3.63, 3.8) is 0 Å². The zero-order valence-electron chi connectivity index (χ0n) is 17.7. The summed E-state index contributed by atoms with van der Waals surface area (Å²) in [6.07, 6.45) is -2.70. The molecule has 2 fully saturated rings. The molecule has 1 unspecified atom stereocenters. The van der Waals surface area contributed by atoms with Gasteiger partial charge in [-0.1, -0.05) is 12.1 Å². The molecule has 0 aliphatic carbocycles. The number of halogens is 3. The lowest BCUT2D eigenvalue weighted by molar-refractivity contribution is -0.197. The standard InChI is InChI=1S/C22H27F3N4O3/c23-22(24,25)18-10-13(6-8-26)7-9-28(18)11-14-2-1-3-15-16(14)12-29(21(15)32)17-4-5-19(30)27-20(17)31/h1-3,13,17-18H,4-12,26H2,(H,27,30,31)/t13-,17?,18+/m1/s1. The molecular formula is C22H27F3N4O3. The van der Waals surface area contributed by atoms with Crippen LogP contribution < -0.4 is 11.1 Å². The number of amides is 3. The summed E-state index contributed by atoms with van der Waals surface area (Å²) in [5.41, 5.74) is 7.29. The third-order valence-electron chi connectivity index (χ3n) is 6.83. The molecule has 4 rings (SSSR count). The van der Waals surface area contributed by atoms with Gasteiger partial charge in [0.15, 0.2) is 0 Å². The molecule has 1 aromatic rings. The highest BCUT2D eigenvalue weighted by Crippen LogP contribution is 2.37. The molecule has 10 heteroatoms. The van der Waals surface area contributed by atoms with Gasteiger partial charge in [-0.15, -0.1) is 0 Å². The van der Waals surface area contributed by atoms with Crippen molar-refractivity contribution in [2.45, 2.75) is 63.5 Å². The highest BCUT2D eigenvalue weighted by molar-refractivity contribution is 6.05. The van der Waals surface area contributed by atoms with Crippen molar-refractivity contribution in [2.75, 3.05) is 13.1 Å². The monoisotopic (exact) mass is 452 g/mol. The molecule has 7 nitrogen and oxygen atoms in total. The highest BCUT2D eigenvalue weighted by Gasteiger charge is 2.47. The Morgan fingerprint density at radius 3 is 2.62 bits per heavy atom. The van der Waals surface area contributed by atoms with Gasteiger partial charge in [-0.25, -0.2) is 0 Å². The van der Waals surface area contributed by atoms with Crippen LogP contribution in [0.1, 0.15) is 53.6 Å². The molecule has 3 aliphatic rings. The molecule has 3 heterocycles. The largest absolute Gasteiger partial charge is 0.404 e. The van der Waals surface area contributed by atoms with E-state index in [2.05, 4.69) is 5.32 Å². The van der Waals surface area contributed by atoms with Crippen LogP contribution in [0.15, 0.2) is 18.2 Å². The van der Waals surface area contributed by atoms with Gasteiger partial charge in [0.1, 0.15) is 12.1 Å². The number of piperidine rings is 2. The van der Waals surface area contributed by atoms with E-state index in [0.29, 0.717) is 42.6 Å². The Hall–Kier alpha value is -2.46. The fraction of sp³-hybridized carbons (Fsp3) is 0.591. The summed E-state index contributed by atoms with van der Waals surface area (Å²) in [7, 11) is 0. The maximum absolute atomic E-state index is 13.8. The number of benzene rings is 1. The molecule has 3 N–H and O–H groups in total. The minimum absolute atomic E-state index is 0.0249. The molecule has 3 aliphatic heterocycles. The van der Waals surface area contributed by atoms with Crippen LogP contribution in [0.5, 0.6) is 0 Å². The number of alkyl halides is 3. The Labute approximate surface area is 184 Å². The van der Waals surface area contributed by atoms with Crippen LogP contribution in [0, 0.1) is 5.92 Å². The first-order chi connectivity index (χ1) is 15.2. The van der Waals surface area contributed by atoms with Crippen LogP contribution in [-0.4, -0.2) is 58.9 Å². The van der Waals surface area contributed by atoms with E-state index in [1.165, 1.54) is 9.80 Å². The number of likely N-dealkylation sites (tertiary alicyclic amines) is 1. The summed E-state index contributed by atoms with van der Waals surface area (Å²) >= 11 is 0. The van der Waals surface area contributed by atoms with Crippen molar-refractivity contribution in [1.29, 1.82) is 0 Å². The zero-order valence-corrected chi connectivity index (χ0v) is 17.7. The number of carbonyl (C=O) groups is 3. The van der Waals surface area contributed by atoms with Gasteiger partial charge in [0.05, 0.1) is 0 Å². The molecule has 3 atom stereocenters. The van der Waals surface area contributed by atoms with Crippen LogP contribution in [0.25, 0.3) is 0 Å². The first kappa shape index (κ1) is 22.7. The second-order valence-corrected chi connectivity index (χ2v) is 8.84. The smallest absolute Gasteiger partial charge is 0.330 e. The molecule has 0 aromatic heterocycles. The first-order valence-corrected chi connectivity index (χ1v) is 10.9. The number of hydrogen-bond acceptors (Lipinski definition) is 5. The number of imide groups is 1. The van der Waals surface area contributed by atoms with Crippen molar-refractivity contribution in [1.82, 2.24) is 15.1 Å². The third-order valence-corrected chi connectivity index (χ3v) is 6.83. The van der Waals surface area contributed by atoms with Crippen molar-refractivity contribution in [3.8, 4) is 0 Å². The van der Waals surface area contributed by atoms with E-state index < -0.39 is 24.2 Å². The minimum Gasteiger partial charge on any atom is -0.330 e. The Balaban J connectivity index is 1.54. The van der Waals surface area contributed by atoms with E-state index in [0.717, 1.165) is 0 Å². The molecule has 174 valence electrons. The molecule has 0 radical (unpaired) electrons. The molecule has 0 spiro atoms. The predicted octanol–water partition coefficient (Wildman–Crippen LogP) is 1.94. The first-order valence-electron chi connectivity index (χ1n) is 10.9. The minimum atomic E-state index is -4.35. The van der Waals surface area contributed by atoms with Crippen LogP contribution in [-0.2, 0) is 22.7 Å². The Morgan fingerprint density at radius 1 is 1.16 bits per heavy atom. The fourth-order valence-corrected chi connectivity index (χ4v) is 5.13. The number of fused-ring (bicyclic) bond motifs is 1. The molecule has 32 heavy (non-hydrogen) atoms. The van der Waals surface area contributed by atoms with Gasteiger partial charge in [-0.2, -0.15) is 13.2 Å². The Morgan fingerprint density at radius 2 is 1.94 bits per heavy atom. The number of rotatable bonds is 5. The van der Waals surface area contributed by atoms with Crippen molar-refractivity contribution < 1.29 is 27.6 Å². The Kier molecular flexibility index (Phi) is 6.26. The summed E-state index contributed by atoms with van der Waals surface area (Å²) in [6, 6.07) is 2.76. The maximum Gasteiger partial charge on any atom is 0.404 e. The lowest BCUT2D eigenvalue weighted by Gasteiger charge is -2.40. The zero-order chi connectivity index (χ0) is 23.0. The van der Waals surface area contributed by atoms with Crippen LogP contribution in [0.3, 0.4) is 0 Å². The number of nitrogens with two attached hydrogens (primary N) is 1. The van der Waals surface area contributed by atoms with E-state index in [1.807, 2.05) is 0 Å². The lowest BCUT2D eigenvalue weighted by atomic mass is 9.87. The molecule has 2 saturated heterocycles. The van der Waals surface area contributed by atoms with Crippen LogP contribution in [0.4, 0.5) is 13.2 Å². The van der Waals surface area contributed by atoms with Gasteiger partial charge in [-0.05, 0) is 61.9 Å². The number of carbonyl (C=O) groups excluding carboxylic acids is 3. The SMILES string of the molecule is NCC[C@@H]1CCN(Cc2cccc3c2CN(C2CCC(=O)NC2=O)C3=O)[C@H](C(F)(F)F)C1. The quantitative estimate of drug-likeness (QED) is 0.666. The van der Waals surface area contributed by atoms with Crippen molar-refractivity contribution in [2.24, 2.45) is 11.7 Å². The predicted molar refractivity (Wildman–Crippen MR) is 109 cm³/mol. The van der Waals surface area contributed by atoms with E-state index in [1.54, 1.807) is 18.2 Å². The summed E-state index contributed by atoms with van der Waals surface area (Å²) in [6.45, 7) is 0.916.